The van der Waals surface area contributed by atoms with Crippen LogP contribution in [0.1, 0.15) is 36.8 Å². The number of benzene rings is 1. The van der Waals surface area contributed by atoms with Crippen molar-refractivity contribution in [1.29, 1.82) is 0 Å². The van der Waals surface area contributed by atoms with E-state index in [1.165, 1.54) is 5.56 Å². The highest BCUT2D eigenvalue weighted by atomic mass is 16.5. The van der Waals surface area contributed by atoms with Crippen molar-refractivity contribution in [3.05, 3.63) is 59.2 Å². The number of fused-ring (bicyclic) bond motifs is 1. The molecule has 2 aliphatic carbocycles. The number of ketones is 1. The number of amides is 1. The van der Waals surface area contributed by atoms with E-state index < -0.39 is 36.9 Å². The van der Waals surface area contributed by atoms with Gasteiger partial charge in [0.25, 0.3) is 0 Å². The molecule has 2 aliphatic rings. The highest BCUT2D eigenvalue weighted by molar-refractivity contribution is 5.92. The molecule has 0 aromatic heterocycles. The van der Waals surface area contributed by atoms with Crippen molar-refractivity contribution >= 4 is 23.7 Å². The fraction of sp³-hybridized carbons (Fsp3) is 0.391. The van der Waals surface area contributed by atoms with Gasteiger partial charge in [-0.15, -0.1) is 5.10 Å². The minimum atomic E-state index is -1.30. The van der Waals surface area contributed by atoms with Gasteiger partial charge in [-0.2, -0.15) is 5.11 Å². The molecule has 174 valence electrons. The minimum Gasteiger partial charge on any atom is -0.481 e. The molecule has 0 heterocycles. The zero-order valence-corrected chi connectivity index (χ0v) is 18.3. The monoisotopic (exact) mass is 453 g/mol. The number of carbonyl (C=O) groups is 3. The van der Waals surface area contributed by atoms with Crippen molar-refractivity contribution in [2.75, 3.05) is 13.2 Å². The first-order valence-electron chi connectivity index (χ1n) is 10.7. The average Bonchev–Trinajstić information content (AvgIpc) is 2.76. The molecule has 0 fully saturated rings. The van der Waals surface area contributed by atoms with Crippen molar-refractivity contribution in [1.82, 2.24) is 5.32 Å². The number of carboxylic acids is 1. The number of nitrogens with zero attached hydrogens (tertiary/aromatic N) is 3. The predicted octanol–water partition coefficient (Wildman–Crippen LogP) is 2.71. The van der Waals surface area contributed by atoms with E-state index in [-0.39, 0.29) is 24.3 Å². The summed E-state index contributed by atoms with van der Waals surface area (Å²) in [4.78, 5) is 35.6. The van der Waals surface area contributed by atoms with E-state index in [1.54, 1.807) is 0 Å². The lowest BCUT2D eigenvalue weighted by Gasteiger charge is -2.28. The van der Waals surface area contributed by atoms with Crippen molar-refractivity contribution in [2.24, 2.45) is 27.1 Å². The van der Waals surface area contributed by atoms with E-state index >= 15 is 0 Å². The van der Waals surface area contributed by atoms with Gasteiger partial charge in [0, 0.05) is 5.92 Å². The smallest absolute Gasteiger partial charge is 0.408 e. The van der Waals surface area contributed by atoms with Crippen LogP contribution in [0.5, 0.6) is 0 Å². The van der Waals surface area contributed by atoms with E-state index in [1.807, 2.05) is 49.4 Å². The van der Waals surface area contributed by atoms with Crippen LogP contribution in [0.25, 0.3) is 0 Å². The number of nitrogens with one attached hydrogen (secondary N) is 1. The molecular formula is C23H27N5O5. The fourth-order valence-corrected chi connectivity index (χ4v) is 3.62. The molecule has 0 bridgehead atoms. The lowest BCUT2D eigenvalue weighted by atomic mass is 9.77. The molecule has 1 aromatic carbocycles. The van der Waals surface area contributed by atoms with Gasteiger partial charge in [-0.3, -0.25) is 9.59 Å². The first-order chi connectivity index (χ1) is 15.8. The Morgan fingerprint density at radius 2 is 2.09 bits per heavy atom. The summed E-state index contributed by atoms with van der Waals surface area (Å²) in [6.45, 7) is 1.61. The van der Waals surface area contributed by atoms with Crippen molar-refractivity contribution in [3.8, 4) is 0 Å². The van der Waals surface area contributed by atoms with Crippen molar-refractivity contribution in [3.63, 3.8) is 0 Å². The molecule has 4 N–H and O–H groups in total. The number of alkyl carbamates (subject to hydrolysis) is 1. The number of carbonyl (C=O) groups excluding carboxylic acids is 2. The number of ether oxygens (including phenoxy) is 1. The Bertz CT molecular complexity index is 1030. The summed E-state index contributed by atoms with van der Waals surface area (Å²) in [7, 11) is 0. The van der Waals surface area contributed by atoms with Gasteiger partial charge in [-0.25, -0.2) is 4.79 Å². The van der Waals surface area contributed by atoms with Crippen molar-refractivity contribution < 1.29 is 24.2 Å². The Balaban J connectivity index is 1.50. The maximum atomic E-state index is 12.4. The van der Waals surface area contributed by atoms with E-state index in [0.717, 1.165) is 24.0 Å². The number of aliphatic carboxylic acids is 1. The van der Waals surface area contributed by atoms with Crippen molar-refractivity contribution in [2.45, 2.75) is 38.1 Å². The zero-order valence-electron chi connectivity index (χ0n) is 18.3. The summed E-state index contributed by atoms with van der Waals surface area (Å²) < 4.78 is 5.16. The lowest BCUT2D eigenvalue weighted by Crippen LogP contribution is -2.43. The topological polar surface area (TPSA) is 156 Å². The number of carboxylic acid groups (broad SMARTS) is 1. The molecule has 0 radical (unpaired) electrons. The molecule has 33 heavy (non-hydrogen) atoms. The first-order valence-corrected chi connectivity index (χ1v) is 10.7. The third-order valence-electron chi connectivity index (χ3n) is 5.66. The molecule has 0 aliphatic heterocycles. The summed E-state index contributed by atoms with van der Waals surface area (Å²) in [6.07, 6.45) is 5.91. The average molecular weight is 453 g/mol. The Kier molecular flexibility index (Phi) is 8.06. The van der Waals surface area contributed by atoms with Gasteiger partial charge in [-0.1, -0.05) is 49.4 Å². The van der Waals surface area contributed by atoms with E-state index in [2.05, 4.69) is 20.8 Å². The molecule has 10 nitrogen and oxygen atoms in total. The van der Waals surface area contributed by atoms with Gasteiger partial charge in [0.2, 0.25) is 0 Å². The van der Waals surface area contributed by atoms with Crippen LogP contribution in [0.15, 0.2) is 63.5 Å². The second kappa shape index (κ2) is 11.2. The summed E-state index contributed by atoms with van der Waals surface area (Å²) >= 11 is 0. The van der Waals surface area contributed by atoms with Gasteiger partial charge in [-0.05, 0) is 40.7 Å². The molecule has 10 heteroatoms. The Morgan fingerprint density at radius 1 is 1.30 bits per heavy atom. The molecule has 0 saturated carbocycles. The fourth-order valence-electron chi connectivity index (χ4n) is 3.62. The Morgan fingerprint density at radius 3 is 2.82 bits per heavy atom. The highest BCUT2D eigenvalue weighted by Crippen LogP contribution is 2.34. The van der Waals surface area contributed by atoms with Crippen LogP contribution in [0.4, 0.5) is 4.79 Å². The van der Waals surface area contributed by atoms with E-state index in [0.29, 0.717) is 0 Å². The molecule has 1 aromatic rings. The zero-order chi connectivity index (χ0) is 23.8. The van der Waals surface area contributed by atoms with Gasteiger partial charge in [0.15, 0.2) is 5.78 Å². The quantitative estimate of drug-likeness (QED) is 0.214. The predicted molar refractivity (Wildman–Crippen MR) is 121 cm³/mol. The molecule has 3 unspecified atom stereocenters. The Hall–Kier alpha value is -3.82. The van der Waals surface area contributed by atoms with Gasteiger partial charge < -0.3 is 20.9 Å². The van der Waals surface area contributed by atoms with Crippen LogP contribution in [-0.4, -0.2) is 48.0 Å². The molecule has 3 rings (SSSR count). The lowest BCUT2D eigenvalue weighted by molar-refractivity contribution is -0.139. The molecule has 3 atom stereocenters. The van der Waals surface area contributed by atoms with Crippen LogP contribution in [0.2, 0.25) is 0 Å². The number of amidine groups is 1. The standard InChI is InChI=1S/C23H27N5O5/c1-14-6-2-3-8-16(14)13-33-23(32)26-19(11-21(30)31)20(29)12-25-28-27-22(24)18-10-15-7-4-5-9-17(15)18/h2-5,7-9,14,18-19H,6,10-13H2,1H3,(H,26,32)(H,30,31)(H2,24,25,27). The number of Topliss-reactive ketones (excluding diaryl/α,β-unsaturated/α-hetero) is 1. The second-order valence-corrected chi connectivity index (χ2v) is 8.01. The molecule has 0 spiro atoms. The highest BCUT2D eigenvalue weighted by Gasteiger charge is 2.29. The summed E-state index contributed by atoms with van der Waals surface area (Å²) in [5, 5.41) is 22.5. The maximum absolute atomic E-state index is 12.4. The third-order valence-corrected chi connectivity index (χ3v) is 5.66. The van der Waals surface area contributed by atoms with E-state index in [9.17, 15) is 14.4 Å². The Labute approximate surface area is 191 Å². The maximum Gasteiger partial charge on any atom is 0.408 e. The number of hydrogen-bond donors (Lipinski definition) is 3. The van der Waals surface area contributed by atoms with Crippen LogP contribution in [-0.2, 0) is 20.7 Å². The van der Waals surface area contributed by atoms with Gasteiger partial charge >= 0.3 is 12.1 Å². The van der Waals surface area contributed by atoms with Crippen LogP contribution >= 0.6 is 0 Å². The summed E-state index contributed by atoms with van der Waals surface area (Å²) in [5.74, 6) is -1.39. The minimum absolute atomic E-state index is 0.0375. The molecular weight excluding hydrogens is 426 g/mol. The van der Waals surface area contributed by atoms with Gasteiger partial charge in [0.05, 0.1) is 6.42 Å². The molecule has 1 amide bonds. The number of allylic oxidation sites excluding steroid dienone is 3. The number of hydrogen-bond acceptors (Lipinski definition) is 6. The first kappa shape index (κ1) is 23.8. The third kappa shape index (κ3) is 6.58. The SMILES string of the molecule is CC1CC=CC=C1COC(=O)NC(CC(=O)O)C(=O)CN=NN=C(N)C1Cc2ccccc21. The van der Waals surface area contributed by atoms with Crippen LogP contribution < -0.4 is 11.1 Å². The van der Waals surface area contributed by atoms with E-state index in [4.69, 9.17) is 15.6 Å². The van der Waals surface area contributed by atoms with Gasteiger partial charge in [0.1, 0.15) is 25.0 Å². The summed E-state index contributed by atoms with van der Waals surface area (Å²) in [5.41, 5.74) is 9.18. The molecule has 0 saturated heterocycles. The van der Waals surface area contributed by atoms with Crippen LogP contribution in [0, 0.1) is 5.92 Å². The normalized spacial score (nSPS) is 20.4. The number of rotatable bonds is 10. The van der Waals surface area contributed by atoms with Crippen LogP contribution in [0.3, 0.4) is 0 Å². The number of nitrogens with two attached hydrogens (primary N) is 1. The summed E-state index contributed by atoms with van der Waals surface area (Å²) in [6, 6.07) is 6.56. The second-order valence-electron chi connectivity index (χ2n) is 8.01. The largest absolute Gasteiger partial charge is 0.481 e.